The van der Waals surface area contributed by atoms with Gasteiger partial charge in [0, 0.05) is 13.1 Å². The van der Waals surface area contributed by atoms with Crippen LogP contribution in [0.1, 0.15) is 24.2 Å². The molecule has 0 aromatic heterocycles. The number of hydrogen-bond donors (Lipinski definition) is 0. The second-order valence-electron chi connectivity index (χ2n) is 5.51. The number of benzene rings is 1. The average Bonchev–Trinajstić information content (AvgIpc) is 2.64. The van der Waals surface area contributed by atoms with Crippen molar-refractivity contribution in [1.29, 1.82) is 0 Å². The minimum atomic E-state index is -0.432. The number of morpholine rings is 1. The van der Waals surface area contributed by atoms with Gasteiger partial charge in [0.05, 0.1) is 30.1 Å². The molecular weight excluding hydrogens is 256 g/mol. The van der Waals surface area contributed by atoms with Crippen LogP contribution in [0.4, 0.5) is 5.69 Å². The highest BCUT2D eigenvalue weighted by molar-refractivity contribution is 6.52. The number of Topliss-reactive ketones (excluding diaryl/α,β-unsaturated/α-hetero) is 1. The summed E-state index contributed by atoms with van der Waals surface area (Å²) in [6, 6.07) is 7.17. The molecule has 1 saturated heterocycles. The Morgan fingerprint density at radius 1 is 1.15 bits per heavy atom. The molecule has 0 radical (unpaired) electrons. The Bertz CT molecular complexity index is 548. The van der Waals surface area contributed by atoms with Crippen molar-refractivity contribution in [3.8, 4) is 0 Å². The molecule has 0 spiro atoms. The highest BCUT2D eigenvalue weighted by atomic mass is 16.5. The highest BCUT2D eigenvalue weighted by Gasteiger charge is 2.37. The van der Waals surface area contributed by atoms with Crippen LogP contribution in [0.25, 0.3) is 0 Å². The third kappa shape index (κ3) is 2.23. The zero-order valence-corrected chi connectivity index (χ0v) is 11.7. The van der Waals surface area contributed by atoms with Gasteiger partial charge in [0.2, 0.25) is 0 Å². The number of anilines is 1. The van der Waals surface area contributed by atoms with Gasteiger partial charge in [-0.1, -0.05) is 12.1 Å². The number of amides is 1. The smallest absolute Gasteiger partial charge is 0.300 e. The first-order chi connectivity index (χ1) is 9.56. The molecule has 20 heavy (non-hydrogen) atoms. The number of carbonyl (C=O) groups is 2. The van der Waals surface area contributed by atoms with Crippen LogP contribution >= 0.6 is 0 Å². The van der Waals surface area contributed by atoms with E-state index in [0.717, 1.165) is 13.1 Å². The maximum absolute atomic E-state index is 12.1. The molecule has 0 bridgehead atoms. The van der Waals surface area contributed by atoms with Crippen molar-refractivity contribution in [2.24, 2.45) is 0 Å². The van der Waals surface area contributed by atoms with Crippen LogP contribution < -0.4 is 4.90 Å². The summed E-state index contributed by atoms with van der Waals surface area (Å²) in [5.74, 6) is -0.840. The van der Waals surface area contributed by atoms with E-state index in [1.807, 2.05) is 26.0 Å². The summed E-state index contributed by atoms with van der Waals surface area (Å²) in [5.41, 5.74) is 1.22. The predicted molar refractivity (Wildman–Crippen MR) is 74.7 cm³/mol. The fourth-order valence-corrected chi connectivity index (χ4v) is 2.99. The number of ether oxygens (including phenoxy) is 1. The first-order valence-electron chi connectivity index (χ1n) is 6.89. The Kier molecular flexibility index (Phi) is 3.31. The van der Waals surface area contributed by atoms with E-state index < -0.39 is 11.7 Å². The number of carbonyl (C=O) groups excluding carboxylic acids is 2. The van der Waals surface area contributed by atoms with Gasteiger partial charge in [-0.3, -0.25) is 19.4 Å². The van der Waals surface area contributed by atoms with Gasteiger partial charge in [-0.05, 0) is 26.0 Å². The molecule has 0 saturated carbocycles. The van der Waals surface area contributed by atoms with Gasteiger partial charge < -0.3 is 4.74 Å². The van der Waals surface area contributed by atoms with Crippen molar-refractivity contribution in [3.63, 3.8) is 0 Å². The topological polar surface area (TPSA) is 49.9 Å². The van der Waals surface area contributed by atoms with E-state index in [4.69, 9.17) is 4.74 Å². The maximum Gasteiger partial charge on any atom is 0.300 e. The van der Waals surface area contributed by atoms with Gasteiger partial charge in [-0.15, -0.1) is 0 Å². The molecule has 2 aliphatic heterocycles. The van der Waals surface area contributed by atoms with Gasteiger partial charge in [-0.25, -0.2) is 0 Å². The third-order valence-corrected chi connectivity index (χ3v) is 3.72. The molecule has 2 aliphatic rings. The third-order valence-electron chi connectivity index (χ3n) is 3.72. The fraction of sp³-hybridized carbons (Fsp3) is 0.467. The second-order valence-corrected chi connectivity index (χ2v) is 5.51. The lowest BCUT2D eigenvalue weighted by atomic mass is 10.1. The van der Waals surface area contributed by atoms with Crippen molar-refractivity contribution >= 4 is 17.4 Å². The summed E-state index contributed by atoms with van der Waals surface area (Å²) in [6.45, 7) is 6.02. The number of ketones is 1. The summed E-state index contributed by atoms with van der Waals surface area (Å²) >= 11 is 0. The summed E-state index contributed by atoms with van der Waals surface area (Å²) in [5, 5.41) is 0. The van der Waals surface area contributed by atoms with Crippen molar-refractivity contribution in [2.45, 2.75) is 26.1 Å². The molecule has 2 atom stereocenters. The largest absolute Gasteiger partial charge is 0.373 e. The molecule has 1 amide bonds. The van der Waals surface area contributed by atoms with Crippen LogP contribution in [-0.4, -0.2) is 48.6 Å². The number of hydrogen-bond acceptors (Lipinski definition) is 4. The zero-order valence-electron chi connectivity index (χ0n) is 11.7. The fourth-order valence-electron chi connectivity index (χ4n) is 2.99. The van der Waals surface area contributed by atoms with E-state index in [2.05, 4.69) is 4.90 Å². The molecule has 1 aromatic carbocycles. The molecule has 0 N–H and O–H groups in total. The summed E-state index contributed by atoms with van der Waals surface area (Å²) in [7, 11) is 0. The normalized spacial score (nSPS) is 27.0. The molecule has 1 aromatic rings. The van der Waals surface area contributed by atoms with E-state index in [1.165, 1.54) is 0 Å². The summed E-state index contributed by atoms with van der Waals surface area (Å²) in [4.78, 5) is 27.8. The lowest BCUT2D eigenvalue weighted by Gasteiger charge is -2.37. The van der Waals surface area contributed by atoms with Crippen LogP contribution in [0.2, 0.25) is 0 Å². The monoisotopic (exact) mass is 274 g/mol. The van der Waals surface area contributed by atoms with Crippen LogP contribution in [0.5, 0.6) is 0 Å². The Hall–Kier alpha value is -1.72. The molecule has 2 unspecified atom stereocenters. The first kappa shape index (κ1) is 13.3. The molecule has 5 nitrogen and oxygen atoms in total. The number of para-hydroxylation sites is 1. The Labute approximate surface area is 118 Å². The van der Waals surface area contributed by atoms with Crippen LogP contribution in [0.3, 0.4) is 0 Å². The lowest BCUT2D eigenvalue weighted by molar-refractivity contribution is -0.115. The second kappa shape index (κ2) is 5.00. The van der Waals surface area contributed by atoms with Crippen molar-refractivity contribution < 1.29 is 14.3 Å². The van der Waals surface area contributed by atoms with Crippen LogP contribution in [-0.2, 0) is 9.53 Å². The van der Waals surface area contributed by atoms with Gasteiger partial charge >= 0.3 is 5.91 Å². The van der Waals surface area contributed by atoms with E-state index in [0.29, 0.717) is 17.9 Å². The Morgan fingerprint density at radius 2 is 1.80 bits per heavy atom. The first-order valence-corrected chi connectivity index (χ1v) is 6.89. The Morgan fingerprint density at radius 3 is 2.50 bits per heavy atom. The number of nitrogens with zero attached hydrogens (tertiary/aromatic N) is 2. The van der Waals surface area contributed by atoms with E-state index in [1.54, 1.807) is 17.0 Å². The van der Waals surface area contributed by atoms with E-state index in [-0.39, 0.29) is 12.2 Å². The van der Waals surface area contributed by atoms with Crippen LogP contribution in [0, 0.1) is 0 Å². The summed E-state index contributed by atoms with van der Waals surface area (Å²) < 4.78 is 5.69. The lowest BCUT2D eigenvalue weighted by Crippen LogP contribution is -2.50. The summed E-state index contributed by atoms with van der Waals surface area (Å²) in [6.07, 6.45) is 0.282. The molecule has 2 heterocycles. The molecule has 106 valence electrons. The minimum absolute atomic E-state index is 0.141. The molecule has 1 fully saturated rings. The SMILES string of the molecule is CC1CN(CN2C(=O)C(=O)c3ccccc32)CC(C)O1. The molecule has 0 aliphatic carbocycles. The quantitative estimate of drug-likeness (QED) is 0.762. The molecular formula is C15H18N2O3. The van der Waals surface area contributed by atoms with Crippen molar-refractivity contribution in [1.82, 2.24) is 4.90 Å². The highest BCUT2D eigenvalue weighted by Crippen LogP contribution is 2.29. The van der Waals surface area contributed by atoms with Gasteiger partial charge in [0.25, 0.3) is 5.78 Å². The zero-order chi connectivity index (χ0) is 14.3. The predicted octanol–water partition coefficient (Wildman–Crippen LogP) is 1.28. The van der Waals surface area contributed by atoms with E-state index in [9.17, 15) is 9.59 Å². The number of rotatable bonds is 2. The van der Waals surface area contributed by atoms with Crippen molar-refractivity contribution in [3.05, 3.63) is 29.8 Å². The van der Waals surface area contributed by atoms with Crippen molar-refractivity contribution in [2.75, 3.05) is 24.7 Å². The average molecular weight is 274 g/mol. The Balaban J connectivity index is 1.81. The number of fused-ring (bicyclic) bond motifs is 1. The molecule has 3 rings (SSSR count). The van der Waals surface area contributed by atoms with E-state index >= 15 is 0 Å². The minimum Gasteiger partial charge on any atom is -0.373 e. The standard InChI is InChI=1S/C15H18N2O3/c1-10-7-16(8-11(2)20-10)9-17-13-6-4-3-5-12(13)14(18)15(17)19/h3-6,10-11H,7-9H2,1-2H3. The van der Waals surface area contributed by atoms with Crippen LogP contribution in [0.15, 0.2) is 24.3 Å². The van der Waals surface area contributed by atoms with Gasteiger partial charge in [0.1, 0.15) is 0 Å². The molecule has 5 heteroatoms. The van der Waals surface area contributed by atoms with Gasteiger partial charge in [-0.2, -0.15) is 0 Å². The van der Waals surface area contributed by atoms with Gasteiger partial charge in [0.15, 0.2) is 0 Å². The maximum atomic E-state index is 12.1.